The maximum atomic E-state index is 13.3. The van der Waals surface area contributed by atoms with Gasteiger partial charge in [-0.05, 0) is 67.6 Å². The molecule has 3 aromatic carbocycles. The number of aliphatic carboxylic acids is 1. The largest absolute Gasteiger partial charge is 0.481 e. The molecule has 1 aliphatic rings. The second-order valence-corrected chi connectivity index (χ2v) is 10.8. The second-order valence-electron chi connectivity index (χ2n) is 9.74. The number of carbonyl (C=O) groups excluding carboxylic acids is 2. The van der Waals surface area contributed by atoms with Crippen LogP contribution in [0.4, 0.5) is 11.4 Å². The highest BCUT2D eigenvalue weighted by Crippen LogP contribution is 2.27. The molecule has 0 spiro atoms. The van der Waals surface area contributed by atoms with Crippen LogP contribution in [-0.4, -0.2) is 47.9 Å². The van der Waals surface area contributed by atoms with E-state index in [0.29, 0.717) is 28.3 Å². The van der Waals surface area contributed by atoms with Crippen LogP contribution in [0.2, 0.25) is 0 Å². The van der Waals surface area contributed by atoms with Gasteiger partial charge in [0.2, 0.25) is 0 Å². The fraction of sp³-hybridized carbons (Fsp3) is 0.290. The number of hydrogen-bond donors (Lipinski definition) is 3. The Labute approximate surface area is 238 Å². The first-order chi connectivity index (χ1) is 19.4. The lowest BCUT2D eigenvalue weighted by atomic mass is 10.1. The van der Waals surface area contributed by atoms with E-state index in [-0.39, 0.29) is 12.3 Å². The van der Waals surface area contributed by atoms with Crippen molar-refractivity contribution in [3.63, 3.8) is 0 Å². The summed E-state index contributed by atoms with van der Waals surface area (Å²) in [4.78, 5) is 39.5. The molecule has 0 bridgehead atoms. The van der Waals surface area contributed by atoms with Crippen molar-refractivity contribution in [2.75, 3.05) is 29.1 Å². The normalized spacial score (nSPS) is 13.3. The zero-order valence-electron chi connectivity index (χ0n) is 22.6. The summed E-state index contributed by atoms with van der Waals surface area (Å²) in [5.41, 5.74) is 7.66. The highest BCUT2D eigenvalue weighted by Gasteiger charge is 2.19. The van der Waals surface area contributed by atoms with Crippen LogP contribution in [0.15, 0.2) is 71.8 Å². The van der Waals surface area contributed by atoms with E-state index in [1.807, 2.05) is 49.4 Å². The molecule has 2 amide bonds. The Morgan fingerprint density at radius 2 is 1.75 bits per heavy atom. The third-order valence-corrected chi connectivity index (χ3v) is 7.62. The Bertz CT molecular complexity index is 1370. The monoisotopic (exact) mass is 558 g/mol. The highest BCUT2D eigenvalue weighted by atomic mass is 32.2. The van der Waals surface area contributed by atoms with Gasteiger partial charge >= 0.3 is 5.97 Å². The number of carboxylic acids is 1. The number of benzene rings is 3. The molecule has 0 saturated carbocycles. The summed E-state index contributed by atoms with van der Waals surface area (Å²) in [6.45, 7) is 3.86. The molecule has 0 radical (unpaired) electrons. The summed E-state index contributed by atoms with van der Waals surface area (Å²) in [7, 11) is 0. The Kier molecular flexibility index (Phi) is 10.3. The summed E-state index contributed by atoms with van der Waals surface area (Å²) in [6.07, 6.45) is 5.09. The van der Waals surface area contributed by atoms with E-state index in [9.17, 15) is 14.4 Å². The lowest BCUT2D eigenvalue weighted by molar-refractivity contribution is -0.136. The molecule has 40 heavy (non-hydrogen) atoms. The summed E-state index contributed by atoms with van der Waals surface area (Å²) < 4.78 is 0. The Morgan fingerprint density at radius 1 is 0.975 bits per heavy atom. The third-order valence-electron chi connectivity index (χ3n) is 6.59. The Morgan fingerprint density at radius 3 is 2.50 bits per heavy atom. The maximum absolute atomic E-state index is 13.3. The molecule has 3 aromatic rings. The van der Waals surface area contributed by atoms with Gasteiger partial charge in [-0.25, -0.2) is 5.43 Å². The third kappa shape index (κ3) is 8.44. The summed E-state index contributed by atoms with van der Waals surface area (Å²) >= 11 is 1.50. The highest BCUT2D eigenvalue weighted by molar-refractivity contribution is 7.98. The Hall–Kier alpha value is -4.11. The van der Waals surface area contributed by atoms with Crippen LogP contribution in [-0.2, 0) is 10.5 Å². The number of hydrogen-bond acceptors (Lipinski definition) is 6. The van der Waals surface area contributed by atoms with Crippen molar-refractivity contribution < 1.29 is 19.5 Å². The predicted molar refractivity (Wildman–Crippen MR) is 162 cm³/mol. The molecule has 3 N–H and O–H groups in total. The average molecular weight is 559 g/mol. The van der Waals surface area contributed by atoms with Crippen LogP contribution in [0, 0.1) is 6.92 Å². The van der Waals surface area contributed by atoms with E-state index in [2.05, 4.69) is 20.7 Å². The first-order valence-corrected chi connectivity index (χ1v) is 14.5. The van der Waals surface area contributed by atoms with Crippen molar-refractivity contribution in [1.29, 1.82) is 0 Å². The standard InChI is InChI=1S/C31H34N4O4S/c1-22-8-10-23(11-9-22)20-32-34-31(39)27-19-26(35-15-3-2-4-16-35)12-13-28(27)33-30(38)25-7-5-6-24(18-25)21-40-17-14-29(36)37/h5-13,18-20H,2-4,14-17,21H2,1H3,(H,33,38)(H,34,39)(H,36,37)/b32-20+. The minimum absolute atomic E-state index is 0.0954. The van der Waals surface area contributed by atoms with E-state index in [4.69, 9.17) is 5.11 Å². The van der Waals surface area contributed by atoms with Gasteiger partial charge in [0, 0.05) is 35.8 Å². The van der Waals surface area contributed by atoms with Crippen LogP contribution >= 0.6 is 11.8 Å². The summed E-state index contributed by atoms with van der Waals surface area (Å²) in [6, 6.07) is 20.5. The zero-order chi connectivity index (χ0) is 28.3. The lowest BCUT2D eigenvalue weighted by Gasteiger charge is -2.29. The van der Waals surface area contributed by atoms with Crippen molar-refractivity contribution in [1.82, 2.24) is 5.43 Å². The van der Waals surface area contributed by atoms with Gasteiger partial charge in [0.15, 0.2) is 0 Å². The molecule has 4 rings (SSSR count). The number of carboxylic acid groups (broad SMARTS) is 1. The van der Waals surface area contributed by atoms with Crippen molar-refractivity contribution in [2.45, 2.75) is 38.4 Å². The van der Waals surface area contributed by atoms with Crippen LogP contribution in [0.25, 0.3) is 0 Å². The lowest BCUT2D eigenvalue weighted by Crippen LogP contribution is -2.30. The minimum Gasteiger partial charge on any atom is -0.481 e. The fourth-order valence-electron chi connectivity index (χ4n) is 4.40. The number of rotatable bonds is 11. The van der Waals surface area contributed by atoms with Crippen LogP contribution in [0.5, 0.6) is 0 Å². The maximum Gasteiger partial charge on any atom is 0.304 e. The van der Waals surface area contributed by atoms with Gasteiger partial charge in [-0.3, -0.25) is 14.4 Å². The number of amides is 2. The van der Waals surface area contributed by atoms with E-state index in [0.717, 1.165) is 48.3 Å². The Balaban J connectivity index is 1.50. The topological polar surface area (TPSA) is 111 Å². The van der Waals surface area contributed by atoms with Gasteiger partial charge in [-0.15, -0.1) is 0 Å². The molecule has 1 heterocycles. The van der Waals surface area contributed by atoms with Crippen molar-refractivity contribution >= 4 is 47.1 Å². The molecular formula is C31H34N4O4S. The van der Waals surface area contributed by atoms with Gasteiger partial charge in [0.25, 0.3) is 11.8 Å². The SMILES string of the molecule is Cc1ccc(/C=N/NC(=O)c2cc(N3CCCCC3)ccc2NC(=O)c2cccc(CSCCC(=O)O)c2)cc1. The van der Waals surface area contributed by atoms with Gasteiger partial charge in [0.05, 0.1) is 23.9 Å². The number of hydrazone groups is 1. The number of nitrogens with one attached hydrogen (secondary N) is 2. The molecule has 8 nitrogen and oxygen atoms in total. The van der Waals surface area contributed by atoms with Crippen molar-refractivity contribution in [3.8, 4) is 0 Å². The molecule has 1 fully saturated rings. The van der Waals surface area contributed by atoms with Gasteiger partial charge in [0.1, 0.15) is 0 Å². The van der Waals surface area contributed by atoms with E-state index in [1.165, 1.54) is 18.2 Å². The first-order valence-electron chi connectivity index (χ1n) is 13.4. The molecule has 0 aliphatic carbocycles. The van der Waals surface area contributed by atoms with Crippen LogP contribution in [0.1, 0.15) is 63.1 Å². The molecule has 1 aliphatic heterocycles. The number of anilines is 2. The van der Waals surface area contributed by atoms with Gasteiger partial charge in [-0.1, -0.05) is 42.0 Å². The van der Waals surface area contributed by atoms with E-state index in [1.54, 1.807) is 30.5 Å². The minimum atomic E-state index is -0.826. The number of aryl methyl sites for hydroxylation is 1. The molecule has 208 valence electrons. The quantitative estimate of drug-likeness (QED) is 0.158. The van der Waals surface area contributed by atoms with Crippen LogP contribution in [0.3, 0.4) is 0 Å². The van der Waals surface area contributed by atoms with Crippen molar-refractivity contribution in [3.05, 3.63) is 94.5 Å². The van der Waals surface area contributed by atoms with E-state index >= 15 is 0 Å². The number of thioether (sulfide) groups is 1. The van der Waals surface area contributed by atoms with E-state index < -0.39 is 11.9 Å². The van der Waals surface area contributed by atoms with Crippen LogP contribution < -0.4 is 15.6 Å². The summed E-state index contributed by atoms with van der Waals surface area (Å²) in [5, 5.41) is 15.9. The molecule has 0 atom stereocenters. The molecule has 0 aromatic heterocycles. The molecule has 9 heteroatoms. The number of carbonyl (C=O) groups is 3. The first kappa shape index (κ1) is 28.9. The van der Waals surface area contributed by atoms with Gasteiger partial charge in [-0.2, -0.15) is 16.9 Å². The van der Waals surface area contributed by atoms with Gasteiger partial charge < -0.3 is 15.3 Å². The molecule has 0 unspecified atom stereocenters. The predicted octanol–water partition coefficient (Wildman–Crippen LogP) is 5.71. The number of piperidine rings is 1. The number of nitrogens with zero attached hydrogens (tertiary/aromatic N) is 2. The smallest absolute Gasteiger partial charge is 0.304 e. The van der Waals surface area contributed by atoms with Crippen molar-refractivity contribution in [2.24, 2.45) is 5.10 Å². The second kappa shape index (κ2) is 14.3. The summed E-state index contributed by atoms with van der Waals surface area (Å²) in [5.74, 6) is -0.472. The fourth-order valence-corrected chi connectivity index (χ4v) is 5.28. The molecular weight excluding hydrogens is 524 g/mol. The zero-order valence-corrected chi connectivity index (χ0v) is 23.4. The molecule has 1 saturated heterocycles. The average Bonchev–Trinajstić information content (AvgIpc) is 2.97.